The highest BCUT2D eigenvalue weighted by Gasteiger charge is 2.22. The minimum Gasteiger partial charge on any atom is -0.481 e. The van der Waals surface area contributed by atoms with Crippen LogP contribution in [0.3, 0.4) is 0 Å². The molecular formula is C10H19NO3. The summed E-state index contributed by atoms with van der Waals surface area (Å²) in [6, 6.07) is 0.424. The SMILES string of the molecule is COC[C@H]1CCCCN1CCC(=O)O. The van der Waals surface area contributed by atoms with Gasteiger partial charge in [0.15, 0.2) is 0 Å². The number of carboxylic acid groups (broad SMARTS) is 1. The number of nitrogens with zero attached hydrogens (tertiary/aromatic N) is 1. The van der Waals surface area contributed by atoms with Gasteiger partial charge in [0.25, 0.3) is 0 Å². The molecule has 1 aliphatic heterocycles. The molecule has 0 aromatic heterocycles. The fourth-order valence-electron chi connectivity index (χ4n) is 1.97. The van der Waals surface area contributed by atoms with E-state index in [-0.39, 0.29) is 6.42 Å². The topological polar surface area (TPSA) is 49.8 Å². The molecule has 1 saturated heterocycles. The van der Waals surface area contributed by atoms with Gasteiger partial charge in [0.05, 0.1) is 13.0 Å². The predicted molar refractivity (Wildman–Crippen MR) is 53.3 cm³/mol. The standard InChI is InChI=1S/C10H19NO3/c1-14-8-9-4-2-3-6-11(9)7-5-10(12)13/h9H,2-8H2,1H3,(H,12,13)/t9-/m1/s1. The molecule has 0 aromatic carbocycles. The second-order valence-corrected chi connectivity index (χ2v) is 3.78. The maximum atomic E-state index is 10.4. The van der Waals surface area contributed by atoms with Crippen LogP contribution < -0.4 is 0 Å². The molecule has 82 valence electrons. The molecule has 1 atom stereocenters. The van der Waals surface area contributed by atoms with Gasteiger partial charge in [-0.1, -0.05) is 6.42 Å². The molecule has 0 aromatic rings. The number of likely N-dealkylation sites (tertiary alicyclic amines) is 1. The number of aliphatic carboxylic acids is 1. The van der Waals surface area contributed by atoms with Gasteiger partial charge in [-0.2, -0.15) is 0 Å². The Morgan fingerprint density at radius 1 is 1.57 bits per heavy atom. The molecule has 1 fully saturated rings. The van der Waals surface area contributed by atoms with Crippen molar-refractivity contribution in [1.29, 1.82) is 0 Å². The van der Waals surface area contributed by atoms with Crippen LogP contribution in [0.2, 0.25) is 0 Å². The Morgan fingerprint density at radius 2 is 2.36 bits per heavy atom. The van der Waals surface area contributed by atoms with E-state index in [9.17, 15) is 4.79 Å². The fraction of sp³-hybridized carbons (Fsp3) is 0.900. The zero-order valence-electron chi connectivity index (χ0n) is 8.74. The van der Waals surface area contributed by atoms with Crippen LogP contribution >= 0.6 is 0 Å². The van der Waals surface area contributed by atoms with E-state index in [0.29, 0.717) is 12.6 Å². The van der Waals surface area contributed by atoms with Gasteiger partial charge in [0.1, 0.15) is 0 Å². The fourth-order valence-corrected chi connectivity index (χ4v) is 1.97. The molecule has 0 aliphatic carbocycles. The number of methoxy groups -OCH3 is 1. The molecule has 4 nitrogen and oxygen atoms in total. The van der Waals surface area contributed by atoms with Crippen LogP contribution in [0.4, 0.5) is 0 Å². The number of carboxylic acids is 1. The van der Waals surface area contributed by atoms with Crippen LogP contribution in [0.15, 0.2) is 0 Å². The molecule has 1 aliphatic rings. The van der Waals surface area contributed by atoms with Crippen molar-refractivity contribution in [3.8, 4) is 0 Å². The molecule has 0 radical (unpaired) electrons. The summed E-state index contributed by atoms with van der Waals surface area (Å²) in [5.74, 6) is -0.716. The lowest BCUT2D eigenvalue weighted by molar-refractivity contribution is -0.137. The maximum absolute atomic E-state index is 10.4. The average Bonchev–Trinajstić information content (AvgIpc) is 2.17. The molecular weight excluding hydrogens is 182 g/mol. The highest BCUT2D eigenvalue weighted by molar-refractivity contribution is 5.66. The molecule has 0 spiro atoms. The number of piperidine rings is 1. The van der Waals surface area contributed by atoms with Gasteiger partial charge in [-0.05, 0) is 19.4 Å². The van der Waals surface area contributed by atoms with E-state index in [2.05, 4.69) is 4.90 Å². The highest BCUT2D eigenvalue weighted by atomic mass is 16.5. The minimum atomic E-state index is -0.716. The summed E-state index contributed by atoms with van der Waals surface area (Å²) in [5.41, 5.74) is 0. The lowest BCUT2D eigenvalue weighted by Crippen LogP contribution is -2.43. The van der Waals surface area contributed by atoms with E-state index in [1.807, 2.05) is 0 Å². The highest BCUT2D eigenvalue weighted by Crippen LogP contribution is 2.17. The summed E-state index contributed by atoms with van der Waals surface area (Å²) in [6.45, 7) is 2.39. The monoisotopic (exact) mass is 201 g/mol. The zero-order chi connectivity index (χ0) is 10.4. The van der Waals surface area contributed by atoms with Crippen molar-refractivity contribution < 1.29 is 14.6 Å². The molecule has 1 N–H and O–H groups in total. The molecule has 0 unspecified atom stereocenters. The van der Waals surface area contributed by atoms with Gasteiger partial charge in [-0.15, -0.1) is 0 Å². The Hall–Kier alpha value is -0.610. The van der Waals surface area contributed by atoms with Crippen LogP contribution in [0.25, 0.3) is 0 Å². The van der Waals surface area contributed by atoms with Crippen molar-refractivity contribution in [2.45, 2.75) is 31.7 Å². The van der Waals surface area contributed by atoms with Crippen LogP contribution in [-0.2, 0) is 9.53 Å². The summed E-state index contributed by atoms with van der Waals surface area (Å²) < 4.78 is 5.13. The molecule has 14 heavy (non-hydrogen) atoms. The van der Waals surface area contributed by atoms with E-state index >= 15 is 0 Å². The lowest BCUT2D eigenvalue weighted by atomic mass is 10.0. The number of hydrogen-bond donors (Lipinski definition) is 1. The van der Waals surface area contributed by atoms with Gasteiger partial charge in [0.2, 0.25) is 0 Å². The number of ether oxygens (including phenoxy) is 1. The number of rotatable bonds is 5. The van der Waals surface area contributed by atoms with Gasteiger partial charge in [-0.3, -0.25) is 9.69 Å². The first-order chi connectivity index (χ1) is 6.74. The van der Waals surface area contributed by atoms with E-state index in [1.165, 1.54) is 12.8 Å². The summed E-state index contributed by atoms with van der Waals surface area (Å²) in [6.07, 6.45) is 3.78. The molecule has 1 heterocycles. The Balaban J connectivity index is 2.33. The Kier molecular flexibility index (Phi) is 4.90. The maximum Gasteiger partial charge on any atom is 0.304 e. The zero-order valence-corrected chi connectivity index (χ0v) is 8.74. The Morgan fingerprint density at radius 3 is 3.00 bits per heavy atom. The first-order valence-corrected chi connectivity index (χ1v) is 5.19. The smallest absolute Gasteiger partial charge is 0.304 e. The van der Waals surface area contributed by atoms with Crippen LogP contribution in [0.1, 0.15) is 25.7 Å². The van der Waals surface area contributed by atoms with Gasteiger partial charge < -0.3 is 9.84 Å². The molecule has 4 heteroatoms. The van der Waals surface area contributed by atoms with Gasteiger partial charge in [0, 0.05) is 19.7 Å². The first kappa shape index (κ1) is 11.5. The molecule has 0 saturated carbocycles. The summed E-state index contributed by atoms with van der Waals surface area (Å²) >= 11 is 0. The molecule has 0 bridgehead atoms. The molecule has 1 rings (SSSR count). The second kappa shape index (κ2) is 5.98. The second-order valence-electron chi connectivity index (χ2n) is 3.78. The normalized spacial score (nSPS) is 23.6. The molecule has 0 amide bonds. The third kappa shape index (κ3) is 3.64. The number of carbonyl (C=O) groups is 1. The average molecular weight is 201 g/mol. The first-order valence-electron chi connectivity index (χ1n) is 5.19. The third-order valence-corrected chi connectivity index (χ3v) is 2.72. The van der Waals surface area contributed by atoms with Crippen LogP contribution in [0, 0.1) is 0 Å². The van der Waals surface area contributed by atoms with Crippen LogP contribution in [0.5, 0.6) is 0 Å². The van der Waals surface area contributed by atoms with E-state index in [4.69, 9.17) is 9.84 Å². The van der Waals surface area contributed by atoms with Crippen molar-refractivity contribution >= 4 is 5.97 Å². The summed E-state index contributed by atoms with van der Waals surface area (Å²) in [4.78, 5) is 12.7. The van der Waals surface area contributed by atoms with E-state index in [1.54, 1.807) is 7.11 Å². The third-order valence-electron chi connectivity index (χ3n) is 2.72. The van der Waals surface area contributed by atoms with E-state index in [0.717, 1.165) is 19.6 Å². The van der Waals surface area contributed by atoms with Crippen molar-refractivity contribution in [1.82, 2.24) is 4.90 Å². The van der Waals surface area contributed by atoms with E-state index < -0.39 is 5.97 Å². The number of hydrogen-bond acceptors (Lipinski definition) is 3. The quantitative estimate of drug-likeness (QED) is 0.720. The van der Waals surface area contributed by atoms with Gasteiger partial charge >= 0.3 is 5.97 Å². The minimum absolute atomic E-state index is 0.236. The lowest BCUT2D eigenvalue weighted by Gasteiger charge is -2.34. The largest absolute Gasteiger partial charge is 0.481 e. The van der Waals surface area contributed by atoms with Crippen molar-refractivity contribution in [3.63, 3.8) is 0 Å². The predicted octanol–water partition coefficient (Wildman–Crippen LogP) is 0.962. The Bertz CT molecular complexity index is 182. The van der Waals surface area contributed by atoms with Crippen LogP contribution in [-0.4, -0.2) is 48.8 Å². The van der Waals surface area contributed by atoms with Gasteiger partial charge in [-0.25, -0.2) is 0 Å². The van der Waals surface area contributed by atoms with Crippen molar-refractivity contribution in [2.24, 2.45) is 0 Å². The Labute approximate surface area is 84.8 Å². The van der Waals surface area contributed by atoms with Crippen molar-refractivity contribution in [2.75, 3.05) is 26.8 Å². The summed E-state index contributed by atoms with van der Waals surface area (Å²) in [7, 11) is 1.70. The van der Waals surface area contributed by atoms with Crippen molar-refractivity contribution in [3.05, 3.63) is 0 Å². The summed E-state index contributed by atoms with van der Waals surface area (Å²) in [5, 5.41) is 8.60.